The summed E-state index contributed by atoms with van der Waals surface area (Å²) in [6.45, 7) is 5.16. The maximum Gasteiger partial charge on any atom is 0.272 e. The van der Waals surface area contributed by atoms with Gasteiger partial charge in [0.05, 0.1) is 11.5 Å². The lowest BCUT2D eigenvalue weighted by molar-refractivity contribution is -0.130. The number of anilines is 1. The van der Waals surface area contributed by atoms with Gasteiger partial charge in [0.25, 0.3) is 5.91 Å². The van der Waals surface area contributed by atoms with Gasteiger partial charge >= 0.3 is 0 Å². The first kappa shape index (κ1) is 18.6. The minimum atomic E-state index is -2.99. The third kappa shape index (κ3) is 4.29. The highest BCUT2D eigenvalue weighted by atomic mass is 32.2. The van der Waals surface area contributed by atoms with Crippen LogP contribution in [-0.2, 0) is 14.6 Å². The average Bonchev–Trinajstić information content (AvgIpc) is 2.92. The minimum Gasteiger partial charge on any atom is -0.366 e. The molecule has 0 radical (unpaired) electrons. The van der Waals surface area contributed by atoms with Gasteiger partial charge in [0.15, 0.2) is 9.84 Å². The van der Waals surface area contributed by atoms with Crippen LogP contribution in [0.5, 0.6) is 0 Å². The summed E-state index contributed by atoms with van der Waals surface area (Å²) in [6, 6.07) is 1.37. The van der Waals surface area contributed by atoms with E-state index in [9.17, 15) is 18.0 Å². The molecule has 0 saturated carbocycles. The fourth-order valence-electron chi connectivity index (χ4n) is 3.26. The molecule has 2 aliphatic heterocycles. The van der Waals surface area contributed by atoms with Gasteiger partial charge in [-0.25, -0.2) is 18.4 Å². The molecule has 0 aromatic carbocycles. The Kier molecular flexibility index (Phi) is 5.12. The predicted octanol–water partition coefficient (Wildman–Crippen LogP) is -0.312. The normalized spacial score (nSPS) is 22.3. The number of amides is 2. The van der Waals surface area contributed by atoms with Crippen molar-refractivity contribution < 1.29 is 18.0 Å². The Morgan fingerprint density at radius 2 is 1.81 bits per heavy atom. The van der Waals surface area contributed by atoms with E-state index < -0.39 is 9.84 Å². The quantitative estimate of drug-likeness (QED) is 0.764. The number of rotatable bonds is 3. The van der Waals surface area contributed by atoms with Gasteiger partial charge in [-0.15, -0.1) is 0 Å². The zero-order chi connectivity index (χ0) is 18.9. The molecular formula is C16H23N5O4S. The summed E-state index contributed by atoms with van der Waals surface area (Å²) < 4.78 is 23.2. The van der Waals surface area contributed by atoms with Crippen LogP contribution >= 0.6 is 0 Å². The third-order valence-electron chi connectivity index (χ3n) is 4.65. The largest absolute Gasteiger partial charge is 0.366 e. The van der Waals surface area contributed by atoms with Crippen LogP contribution in [0.25, 0.3) is 0 Å². The molecule has 0 spiro atoms. The zero-order valence-corrected chi connectivity index (χ0v) is 15.8. The zero-order valence-electron chi connectivity index (χ0n) is 14.9. The number of aryl methyl sites for hydroxylation is 1. The Hall–Kier alpha value is -2.23. The first-order chi connectivity index (χ1) is 12.2. The summed E-state index contributed by atoms with van der Waals surface area (Å²) in [7, 11) is -2.99. The van der Waals surface area contributed by atoms with E-state index >= 15 is 0 Å². The van der Waals surface area contributed by atoms with Crippen molar-refractivity contribution in [2.75, 3.05) is 43.0 Å². The molecule has 2 saturated heterocycles. The van der Waals surface area contributed by atoms with Gasteiger partial charge in [0.1, 0.15) is 17.3 Å². The molecule has 2 fully saturated rings. The molecule has 1 atom stereocenters. The van der Waals surface area contributed by atoms with Crippen molar-refractivity contribution >= 4 is 27.5 Å². The van der Waals surface area contributed by atoms with Gasteiger partial charge in [0.2, 0.25) is 5.91 Å². The smallest absolute Gasteiger partial charge is 0.272 e. The number of sulfone groups is 1. The van der Waals surface area contributed by atoms with Crippen molar-refractivity contribution in [3.8, 4) is 0 Å². The molecule has 0 aliphatic carbocycles. The van der Waals surface area contributed by atoms with Crippen LogP contribution in [0.3, 0.4) is 0 Å². The molecule has 1 N–H and O–H groups in total. The SMILES string of the molecule is CC(=O)N1CCN(C(=O)c2cc(NC3CCS(=O)(=O)C3)nc(C)n2)CC1. The highest BCUT2D eigenvalue weighted by molar-refractivity contribution is 7.91. The molecule has 9 nitrogen and oxygen atoms in total. The molecule has 1 unspecified atom stereocenters. The van der Waals surface area contributed by atoms with Crippen molar-refractivity contribution in [2.24, 2.45) is 0 Å². The van der Waals surface area contributed by atoms with Crippen LogP contribution in [0.2, 0.25) is 0 Å². The number of piperazine rings is 1. The molecule has 0 bridgehead atoms. The van der Waals surface area contributed by atoms with Crippen molar-refractivity contribution in [1.29, 1.82) is 0 Å². The summed E-state index contributed by atoms with van der Waals surface area (Å²) >= 11 is 0. The molecule has 10 heteroatoms. The Balaban J connectivity index is 1.69. The van der Waals surface area contributed by atoms with Crippen LogP contribution in [0.1, 0.15) is 29.7 Å². The maximum atomic E-state index is 12.7. The van der Waals surface area contributed by atoms with Gasteiger partial charge in [-0.1, -0.05) is 0 Å². The Bertz CT molecular complexity index is 818. The van der Waals surface area contributed by atoms with E-state index in [1.54, 1.807) is 22.8 Å². The van der Waals surface area contributed by atoms with Crippen molar-refractivity contribution in [1.82, 2.24) is 19.8 Å². The van der Waals surface area contributed by atoms with Gasteiger partial charge in [0, 0.05) is 45.2 Å². The summed E-state index contributed by atoms with van der Waals surface area (Å²) in [5, 5.41) is 3.10. The predicted molar refractivity (Wildman–Crippen MR) is 95.6 cm³/mol. The van der Waals surface area contributed by atoms with Gasteiger partial charge in [-0.05, 0) is 13.3 Å². The van der Waals surface area contributed by atoms with Crippen LogP contribution in [0.4, 0.5) is 5.82 Å². The van der Waals surface area contributed by atoms with Gasteiger partial charge in [-0.2, -0.15) is 0 Å². The van der Waals surface area contributed by atoms with Gasteiger partial charge < -0.3 is 15.1 Å². The Morgan fingerprint density at radius 1 is 1.15 bits per heavy atom. The second-order valence-corrected chi connectivity index (χ2v) is 8.96. The summed E-state index contributed by atoms with van der Waals surface area (Å²) in [6.07, 6.45) is 0.529. The topological polar surface area (TPSA) is 113 Å². The lowest BCUT2D eigenvalue weighted by Crippen LogP contribution is -2.50. The second kappa shape index (κ2) is 7.18. The van der Waals surface area contributed by atoms with Crippen LogP contribution < -0.4 is 5.32 Å². The number of aromatic nitrogens is 2. The van der Waals surface area contributed by atoms with E-state index in [1.165, 1.54) is 6.92 Å². The molecule has 1 aromatic heterocycles. The molecular weight excluding hydrogens is 358 g/mol. The maximum absolute atomic E-state index is 12.7. The highest BCUT2D eigenvalue weighted by Gasteiger charge is 2.29. The standard InChI is InChI=1S/C16H23N5O4S/c1-11-17-14(16(23)21-6-4-20(5-7-21)12(2)22)9-15(18-11)19-13-3-8-26(24,25)10-13/h9,13H,3-8,10H2,1-2H3,(H,17,18,19). The first-order valence-corrected chi connectivity index (χ1v) is 10.4. The number of nitrogens with one attached hydrogen (secondary N) is 1. The summed E-state index contributed by atoms with van der Waals surface area (Å²) in [4.78, 5) is 36.0. The molecule has 2 amide bonds. The highest BCUT2D eigenvalue weighted by Crippen LogP contribution is 2.18. The van der Waals surface area contributed by atoms with Crippen molar-refractivity contribution in [2.45, 2.75) is 26.3 Å². The van der Waals surface area contributed by atoms with Crippen molar-refractivity contribution in [3.05, 3.63) is 17.6 Å². The van der Waals surface area contributed by atoms with E-state index in [4.69, 9.17) is 0 Å². The van der Waals surface area contributed by atoms with Gasteiger partial charge in [-0.3, -0.25) is 9.59 Å². The summed E-state index contributed by atoms with van der Waals surface area (Å²) in [5.41, 5.74) is 0.275. The fourth-order valence-corrected chi connectivity index (χ4v) is 4.93. The molecule has 1 aromatic rings. The summed E-state index contributed by atoms with van der Waals surface area (Å²) in [5.74, 6) is 0.952. The van der Waals surface area contributed by atoms with E-state index in [1.807, 2.05) is 0 Å². The lowest BCUT2D eigenvalue weighted by Gasteiger charge is -2.34. The molecule has 26 heavy (non-hydrogen) atoms. The third-order valence-corrected chi connectivity index (χ3v) is 6.42. The molecule has 142 valence electrons. The van der Waals surface area contributed by atoms with Crippen LogP contribution in [-0.4, -0.2) is 83.7 Å². The van der Waals surface area contributed by atoms with E-state index in [-0.39, 0.29) is 35.1 Å². The number of carbonyl (C=O) groups excluding carboxylic acids is 2. The molecule has 3 heterocycles. The Morgan fingerprint density at radius 3 is 2.38 bits per heavy atom. The van der Waals surface area contributed by atoms with Crippen molar-refractivity contribution in [3.63, 3.8) is 0 Å². The van der Waals surface area contributed by atoms with Crippen LogP contribution in [0, 0.1) is 6.92 Å². The number of hydrogen-bond donors (Lipinski definition) is 1. The molecule has 2 aliphatic rings. The monoisotopic (exact) mass is 381 g/mol. The van der Waals surface area contributed by atoms with Crippen LogP contribution in [0.15, 0.2) is 6.07 Å². The first-order valence-electron chi connectivity index (χ1n) is 8.61. The van der Waals surface area contributed by atoms with E-state index in [2.05, 4.69) is 15.3 Å². The van der Waals surface area contributed by atoms with E-state index in [0.717, 1.165) is 0 Å². The molecule has 3 rings (SSSR count). The Labute approximate surface area is 152 Å². The lowest BCUT2D eigenvalue weighted by atomic mass is 10.2. The number of nitrogens with zero attached hydrogens (tertiary/aromatic N) is 4. The minimum absolute atomic E-state index is 0.00739. The number of carbonyl (C=O) groups is 2. The van der Waals surface area contributed by atoms with E-state index in [0.29, 0.717) is 44.2 Å². The second-order valence-electron chi connectivity index (χ2n) is 6.73. The average molecular weight is 381 g/mol. The fraction of sp³-hybridized carbons (Fsp3) is 0.625. The number of hydrogen-bond acceptors (Lipinski definition) is 7.